The van der Waals surface area contributed by atoms with Crippen LogP contribution in [0.4, 0.5) is 0 Å². The van der Waals surface area contributed by atoms with E-state index in [9.17, 15) is 0 Å². The maximum Gasteiger partial charge on any atom is 0.0361 e. The second-order valence-electron chi connectivity index (χ2n) is 6.95. The maximum absolute atomic E-state index is 3.89. The van der Waals surface area contributed by atoms with Crippen molar-refractivity contribution in [2.24, 2.45) is 30.7 Å². The van der Waals surface area contributed by atoms with Crippen molar-refractivity contribution in [2.75, 3.05) is 0 Å². The summed E-state index contributed by atoms with van der Waals surface area (Å²) in [5.74, 6) is 4.14. The van der Waals surface area contributed by atoms with E-state index in [0.29, 0.717) is 0 Å². The number of nitrogens with one attached hydrogen (secondary N) is 1. The fourth-order valence-corrected chi connectivity index (χ4v) is 5.16. The van der Waals surface area contributed by atoms with Crippen molar-refractivity contribution in [1.29, 1.82) is 0 Å². The Labute approximate surface area is 110 Å². The van der Waals surface area contributed by atoms with Crippen LogP contribution in [0.1, 0.15) is 37.8 Å². The minimum absolute atomic E-state index is 0.813. The molecular formula is C16H24N2. The second kappa shape index (κ2) is 4.12. The van der Waals surface area contributed by atoms with E-state index in [0.717, 1.165) is 36.3 Å². The van der Waals surface area contributed by atoms with Crippen molar-refractivity contribution in [3.63, 3.8) is 0 Å². The normalized spacial score (nSPS) is 41.5. The van der Waals surface area contributed by atoms with Gasteiger partial charge in [-0.3, -0.25) is 0 Å². The molecule has 1 N–H and O–H groups in total. The van der Waals surface area contributed by atoms with Gasteiger partial charge < -0.3 is 9.88 Å². The molecule has 4 saturated carbocycles. The Morgan fingerprint density at radius 2 is 1.78 bits per heavy atom. The van der Waals surface area contributed by atoms with Crippen LogP contribution in [-0.4, -0.2) is 10.6 Å². The Bertz CT molecular complexity index is 406. The highest BCUT2D eigenvalue weighted by Gasteiger charge is 2.47. The lowest BCUT2D eigenvalue weighted by molar-refractivity contribution is -0.0144. The van der Waals surface area contributed by atoms with Crippen LogP contribution in [0.3, 0.4) is 0 Å². The largest absolute Gasteiger partial charge is 0.353 e. The van der Waals surface area contributed by atoms with Crippen LogP contribution in [-0.2, 0) is 13.6 Å². The number of hydrogen-bond acceptors (Lipinski definition) is 1. The smallest absolute Gasteiger partial charge is 0.0361 e. The first-order chi connectivity index (χ1) is 8.79. The highest BCUT2D eigenvalue weighted by molar-refractivity contribution is 5.08. The number of nitrogens with zero attached hydrogens (tertiary/aromatic N) is 1. The van der Waals surface area contributed by atoms with Crippen molar-refractivity contribution >= 4 is 0 Å². The van der Waals surface area contributed by atoms with Gasteiger partial charge in [0.15, 0.2) is 0 Å². The molecule has 1 aromatic heterocycles. The van der Waals surface area contributed by atoms with E-state index < -0.39 is 0 Å². The number of aromatic nitrogens is 1. The van der Waals surface area contributed by atoms with Crippen molar-refractivity contribution in [1.82, 2.24) is 9.88 Å². The highest BCUT2D eigenvalue weighted by atomic mass is 15.0. The van der Waals surface area contributed by atoms with Gasteiger partial charge in [0.2, 0.25) is 0 Å². The van der Waals surface area contributed by atoms with Gasteiger partial charge in [0, 0.05) is 31.5 Å². The summed E-state index contributed by atoms with van der Waals surface area (Å²) in [5, 5.41) is 3.89. The van der Waals surface area contributed by atoms with Crippen LogP contribution in [0, 0.1) is 23.7 Å². The van der Waals surface area contributed by atoms with Crippen LogP contribution >= 0.6 is 0 Å². The molecule has 0 amide bonds. The van der Waals surface area contributed by atoms with Gasteiger partial charge in [-0.05, 0) is 67.9 Å². The lowest BCUT2D eigenvalue weighted by atomic mass is 9.54. The molecule has 98 valence electrons. The molecule has 4 fully saturated rings. The van der Waals surface area contributed by atoms with Gasteiger partial charge in [-0.2, -0.15) is 0 Å². The van der Waals surface area contributed by atoms with E-state index in [-0.39, 0.29) is 0 Å². The Morgan fingerprint density at radius 3 is 2.33 bits per heavy atom. The molecule has 18 heavy (non-hydrogen) atoms. The Balaban J connectivity index is 1.45. The SMILES string of the molecule is Cn1cccc1CNC1C2CC3CC(C2)CC1C3. The standard InChI is InChI=1S/C16H24N2/c1-18-4-2-3-15(18)10-17-16-13-6-11-5-12(8-13)9-14(16)7-11/h2-4,11-14,16-17H,5-10H2,1H3. The monoisotopic (exact) mass is 244 g/mol. The van der Waals surface area contributed by atoms with E-state index in [4.69, 9.17) is 0 Å². The van der Waals surface area contributed by atoms with Gasteiger partial charge in [0.1, 0.15) is 0 Å². The van der Waals surface area contributed by atoms with E-state index >= 15 is 0 Å². The van der Waals surface area contributed by atoms with Crippen LogP contribution in [0.5, 0.6) is 0 Å². The molecule has 4 bridgehead atoms. The van der Waals surface area contributed by atoms with Gasteiger partial charge in [0.25, 0.3) is 0 Å². The third-order valence-corrected chi connectivity index (χ3v) is 5.80. The van der Waals surface area contributed by atoms with Crippen LogP contribution in [0.2, 0.25) is 0 Å². The van der Waals surface area contributed by atoms with Crippen LogP contribution in [0.25, 0.3) is 0 Å². The second-order valence-corrected chi connectivity index (χ2v) is 6.95. The quantitative estimate of drug-likeness (QED) is 0.865. The molecule has 0 aromatic carbocycles. The summed E-state index contributed by atoms with van der Waals surface area (Å²) in [4.78, 5) is 0. The third-order valence-electron chi connectivity index (χ3n) is 5.80. The van der Waals surface area contributed by atoms with Crippen molar-refractivity contribution in [3.05, 3.63) is 24.0 Å². The lowest BCUT2D eigenvalue weighted by Crippen LogP contribution is -2.54. The topological polar surface area (TPSA) is 17.0 Å². The predicted molar refractivity (Wildman–Crippen MR) is 73.1 cm³/mol. The zero-order chi connectivity index (χ0) is 12.1. The minimum atomic E-state index is 0.813. The molecule has 0 unspecified atom stereocenters. The number of aryl methyl sites for hydroxylation is 1. The fourth-order valence-electron chi connectivity index (χ4n) is 5.16. The highest BCUT2D eigenvalue weighted by Crippen LogP contribution is 2.53. The molecule has 4 aliphatic rings. The van der Waals surface area contributed by atoms with Crippen molar-refractivity contribution < 1.29 is 0 Å². The van der Waals surface area contributed by atoms with Gasteiger partial charge >= 0.3 is 0 Å². The number of hydrogen-bond donors (Lipinski definition) is 1. The summed E-state index contributed by atoms with van der Waals surface area (Å²) in [5.41, 5.74) is 1.42. The molecule has 2 nitrogen and oxygen atoms in total. The summed E-state index contributed by atoms with van der Waals surface area (Å²) < 4.78 is 2.24. The molecule has 0 aliphatic heterocycles. The molecule has 0 atom stereocenters. The Morgan fingerprint density at radius 1 is 1.11 bits per heavy atom. The molecule has 1 aromatic rings. The minimum Gasteiger partial charge on any atom is -0.353 e. The molecule has 0 radical (unpaired) electrons. The first-order valence-electron chi connectivity index (χ1n) is 7.63. The van der Waals surface area contributed by atoms with Gasteiger partial charge in [-0.1, -0.05) is 0 Å². The average Bonchev–Trinajstić information content (AvgIpc) is 2.73. The van der Waals surface area contributed by atoms with Gasteiger partial charge in [-0.25, -0.2) is 0 Å². The van der Waals surface area contributed by atoms with Crippen LogP contribution in [0.15, 0.2) is 18.3 Å². The first kappa shape index (κ1) is 11.1. The average molecular weight is 244 g/mol. The van der Waals surface area contributed by atoms with Crippen LogP contribution < -0.4 is 5.32 Å². The Kier molecular flexibility index (Phi) is 2.54. The summed E-state index contributed by atoms with van der Waals surface area (Å²) in [6.07, 6.45) is 9.75. The first-order valence-corrected chi connectivity index (χ1v) is 7.63. The lowest BCUT2D eigenvalue weighted by Gasteiger charge is -2.54. The summed E-state index contributed by atoms with van der Waals surface area (Å²) >= 11 is 0. The summed E-state index contributed by atoms with van der Waals surface area (Å²) in [6.45, 7) is 1.05. The maximum atomic E-state index is 3.89. The molecule has 0 saturated heterocycles. The zero-order valence-corrected chi connectivity index (χ0v) is 11.3. The number of rotatable bonds is 3. The zero-order valence-electron chi connectivity index (χ0n) is 11.3. The van der Waals surface area contributed by atoms with Crippen molar-refractivity contribution in [2.45, 2.75) is 44.7 Å². The predicted octanol–water partition coefficient (Wildman–Crippen LogP) is 2.94. The Hall–Kier alpha value is -0.760. The van der Waals surface area contributed by atoms with E-state index in [2.05, 4.69) is 35.3 Å². The van der Waals surface area contributed by atoms with Gasteiger partial charge in [-0.15, -0.1) is 0 Å². The van der Waals surface area contributed by atoms with E-state index in [1.165, 1.54) is 31.4 Å². The molecule has 5 rings (SSSR count). The summed E-state index contributed by atoms with van der Waals surface area (Å²) in [7, 11) is 2.15. The molecule has 0 spiro atoms. The third kappa shape index (κ3) is 1.73. The molecule has 4 aliphatic carbocycles. The summed E-state index contributed by atoms with van der Waals surface area (Å²) in [6, 6.07) is 5.20. The molecule has 2 heteroatoms. The van der Waals surface area contributed by atoms with E-state index in [1.807, 2.05) is 0 Å². The van der Waals surface area contributed by atoms with E-state index in [1.54, 1.807) is 6.42 Å². The molecular weight excluding hydrogens is 220 g/mol. The van der Waals surface area contributed by atoms with Crippen molar-refractivity contribution in [3.8, 4) is 0 Å². The van der Waals surface area contributed by atoms with Gasteiger partial charge in [0.05, 0.1) is 0 Å². The molecule has 1 heterocycles. The fraction of sp³-hybridized carbons (Fsp3) is 0.750.